The van der Waals surface area contributed by atoms with Gasteiger partial charge in [-0.05, 0) is 27.7 Å². The average Bonchev–Trinajstić information content (AvgIpc) is 2.29. The summed E-state index contributed by atoms with van der Waals surface area (Å²) in [4.78, 5) is 19.8. The largest absolute Gasteiger partial charge is 0.357 e. The van der Waals surface area contributed by atoms with Crippen molar-refractivity contribution >= 4 is 29.3 Å². The Hall–Kier alpha value is -1.60. The lowest BCUT2D eigenvalue weighted by molar-refractivity contribution is -0.122. The van der Waals surface area contributed by atoms with Gasteiger partial charge in [0, 0.05) is 5.54 Å². The summed E-state index contributed by atoms with van der Waals surface area (Å²) in [7, 11) is 0. The molecule has 0 aromatic carbocycles. The number of rotatable bonds is 4. The second-order valence-corrected chi connectivity index (χ2v) is 5.55. The van der Waals surface area contributed by atoms with E-state index < -0.39 is 6.04 Å². The third-order valence-corrected chi connectivity index (χ3v) is 2.39. The molecule has 1 rings (SSSR count). The van der Waals surface area contributed by atoms with Gasteiger partial charge in [-0.1, -0.05) is 11.6 Å². The summed E-state index contributed by atoms with van der Waals surface area (Å²) in [5.41, 5.74) is 2.01. The Kier molecular flexibility index (Phi) is 4.90. The van der Waals surface area contributed by atoms with Crippen LogP contribution in [0.25, 0.3) is 0 Å². The fraction of sp³-hybridized carbons (Fsp3) is 0.545. The van der Waals surface area contributed by atoms with Crippen LogP contribution in [0.15, 0.2) is 6.20 Å². The Bertz CT molecular complexity index is 459. The number of nitrogens with one attached hydrogen (secondary N) is 3. The van der Waals surface area contributed by atoms with E-state index in [-0.39, 0.29) is 17.4 Å². The molecule has 1 aromatic heterocycles. The van der Waals surface area contributed by atoms with Gasteiger partial charge in [0.15, 0.2) is 5.82 Å². The van der Waals surface area contributed by atoms with Crippen LogP contribution in [0.2, 0.25) is 5.02 Å². The summed E-state index contributed by atoms with van der Waals surface area (Å²) in [5.74, 6) is 5.64. The van der Waals surface area contributed by atoms with E-state index in [2.05, 4.69) is 26.0 Å². The number of amides is 1. The molecule has 7 nitrogen and oxygen atoms in total. The van der Waals surface area contributed by atoms with Gasteiger partial charge in [-0.15, -0.1) is 0 Å². The Balaban J connectivity index is 2.76. The molecular weight excluding hydrogens is 268 g/mol. The Labute approximate surface area is 117 Å². The molecule has 1 aromatic rings. The van der Waals surface area contributed by atoms with Crippen LogP contribution in [0.5, 0.6) is 0 Å². The molecule has 0 saturated heterocycles. The summed E-state index contributed by atoms with van der Waals surface area (Å²) in [6, 6.07) is -0.489. The summed E-state index contributed by atoms with van der Waals surface area (Å²) in [6.45, 7) is 7.44. The van der Waals surface area contributed by atoms with Crippen LogP contribution >= 0.6 is 11.6 Å². The van der Waals surface area contributed by atoms with E-state index in [9.17, 15) is 4.79 Å². The van der Waals surface area contributed by atoms with Crippen LogP contribution in [-0.2, 0) is 4.79 Å². The van der Waals surface area contributed by atoms with E-state index >= 15 is 0 Å². The standard InChI is InChI=1S/C11H19ClN6O/c1-6(9(19)17-11(2,3)4)15-8-7(12)5-14-10(16-8)18-13/h5-6H,13H2,1-4H3,(H,17,19)(H2,14,15,16,18). The second kappa shape index (κ2) is 6.03. The monoisotopic (exact) mass is 286 g/mol. The number of hydrogen-bond donors (Lipinski definition) is 4. The van der Waals surface area contributed by atoms with Crippen molar-refractivity contribution in [3.63, 3.8) is 0 Å². The van der Waals surface area contributed by atoms with Gasteiger partial charge >= 0.3 is 0 Å². The van der Waals surface area contributed by atoms with Crippen molar-refractivity contribution in [1.29, 1.82) is 0 Å². The molecule has 0 saturated carbocycles. The molecule has 0 spiro atoms. The molecule has 0 aliphatic heterocycles. The normalized spacial score (nSPS) is 12.7. The third-order valence-electron chi connectivity index (χ3n) is 2.12. The van der Waals surface area contributed by atoms with Crippen molar-refractivity contribution in [3.8, 4) is 0 Å². The van der Waals surface area contributed by atoms with Gasteiger partial charge in [0.05, 0.1) is 6.20 Å². The predicted octanol–water partition coefficient (Wildman–Crippen LogP) is 1.13. The van der Waals surface area contributed by atoms with Crippen LogP contribution in [0, 0.1) is 0 Å². The van der Waals surface area contributed by atoms with Crippen LogP contribution in [-0.4, -0.2) is 27.5 Å². The van der Waals surface area contributed by atoms with Crippen LogP contribution < -0.4 is 21.9 Å². The van der Waals surface area contributed by atoms with Gasteiger partial charge in [-0.2, -0.15) is 4.98 Å². The first kappa shape index (κ1) is 15.5. The summed E-state index contributed by atoms with van der Waals surface area (Å²) >= 11 is 5.95. The van der Waals surface area contributed by atoms with E-state index in [0.29, 0.717) is 10.8 Å². The summed E-state index contributed by atoms with van der Waals surface area (Å²) < 4.78 is 0. The minimum absolute atomic E-state index is 0.149. The van der Waals surface area contributed by atoms with E-state index in [1.807, 2.05) is 20.8 Å². The number of carbonyl (C=O) groups excluding carboxylic acids is 1. The molecule has 0 fully saturated rings. The summed E-state index contributed by atoms with van der Waals surface area (Å²) in [5, 5.41) is 6.09. The van der Waals surface area contributed by atoms with Crippen LogP contribution in [0.3, 0.4) is 0 Å². The Morgan fingerprint density at radius 2 is 2.11 bits per heavy atom. The molecule has 8 heteroatoms. The number of hydrazine groups is 1. The van der Waals surface area contributed by atoms with E-state index in [1.165, 1.54) is 6.20 Å². The van der Waals surface area contributed by atoms with Crippen molar-refractivity contribution in [1.82, 2.24) is 15.3 Å². The third kappa shape index (κ3) is 4.88. The molecule has 0 bridgehead atoms. The molecule has 1 unspecified atom stereocenters. The SMILES string of the molecule is CC(Nc1nc(NN)ncc1Cl)C(=O)NC(C)(C)C. The fourth-order valence-corrected chi connectivity index (χ4v) is 1.43. The minimum atomic E-state index is -0.489. The highest BCUT2D eigenvalue weighted by Gasteiger charge is 2.20. The number of anilines is 2. The van der Waals surface area contributed by atoms with E-state index in [1.54, 1.807) is 6.92 Å². The van der Waals surface area contributed by atoms with Gasteiger partial charge in [0.1, 0.15) is 11.1 Å². The lowest BCUT2D eigenvalue weighted by Gasteiger charge is -2.24. The number of nitrogens with two attached hydrogens (primary N) is 1. The average molecular weight is 287 g/mol. The zero-order chi connectivity index (χ0) is 14.6. The fourth-order valence-electron chi connectivity index (χ4n) is 1.29. The first-order valence-electron chi connectivity index (χ1n) is 5.80. The molecule has 5 N–H and O–H groups in total. The zero-order valence-corrected chi connectivity index (χ0v) is 12.2. The molecule has 0 aliphatic carbocycles. The maximum Gasteiger partial charge on any atom is 0.242 e. The lowest BCUT2D eigenvalue weighted by Crippen LogP contribution is -2.47. The van der Waals surface area contributed by atoms with Crippen molar-refractivity contribution in [2.24, 2.45) is 5.84 Å². The molecular formula is C11H19ClN6O. The molecule has 106 valence electrons. The van der Waals surface area contributed by atoms with Gasteiger partial charge in [-0.3, -0.25) is 10.2 Å². The zero-order valence-electron chi connectivity index (χ0n) is 11.4. The number of carbonyl (C=O) groups is 1. The number of nitrogen functional groups attached to an aromatic ring is 1. The quantitative estimate of drug-likeness (QED) is 0.488. The highest BCUT2D eigenvalue weighted by molar-refractivity contribution is 6.32. The lowest BCUT2D eigenvalue weighted by atomic mass is 10.1. The van der Waals surface area contributed by atoms with Crippen molar-refractivity contribution in [2.75, 3.05) is 10.7 Å². The number of hydrogen-bond acceptors (Lipinski definition) is 6. The molecule has 1 amide bonds. The molecule has 19 heavy (non-hydrogen) atoms. The van der Waals surface area contributed by atoms with E-state index in [0.717, 1.165) is 0 Å². The number of nitrogens with zero attached hydrogens (tertiary/aromatic N) is 2. The molecule has 0 aliphatic rings. The maximum atomic E-state index is 11.9. The first-order chi connectivity index (χ1) is 8.73. The first-order valence-corrected chi connectivity index (χ1v) is 6.18. The Morgan fingerprint density at radius 3 is 2.63 bits per heavy atom. The van der Waals surface area contributed by atoms with Crippen LogP contribution in [0.1, 0.15) is 27.7 Å². The smallest absolute Gasteiger partial charge is 0.242 e. The highest BCUT2D eigenvalue weighted by atomic mass is 35.5. The highest BCUT2D eigenvalue weighted by Crippen LogP contribution is 2.19. The molecule has 0 radical (unpaired) electrons. The van der Waals surface area contributed by atoms with Crippen molar-refractivity contribution in [2.45, 2.75) is 39.3 Å². The van der Waals surface area contributed by atoms with Gasteiger partial charge < -0.3 is 10.6 Å². The van der Waals surface area contributed by atoms with Gasteiger partial charge in [0.2, 0.25) is 11.9 Å². The molecule has 1 atom stereocenters. The minimum Gasteiger partial charge on any atom is -0.357 e. The maximum absolute atomic E-state index is 11.9. The molecule has 1 heterocycles. The topological polar surface area (TPSA) is 105 Å². The predicted molar refractivity (Wildman–Crippen MR) is 75.8 cm³/mol. The van der Waals surface area contributed by atoms with Crippen molar-refractivity contribution in [3.05, 3.63) is 11.2 Å². The number of halogens is 1. The summed E-state index contributed by atoms with van der Waals surface area (Å²) in [6.07, 6.45) is 1.40. The van der Waals surface area contributed by atoms with Crippen molar-refractivity contribution < 1.29 is 4.79 Å². The Morgan fingerprint density at radius 1 is 1.47 bits per heavy atom. The second-order valence-electron chi connectivity index (χ2n) is 5.14. The van der Waals surface area contributed by atoms with Gasteiger partial charge in [-0.25, -0.2) is 10.8 Å². The van der Waals surface area contributed by atoms with Gasteiger partial charge in [0.25, 0.3) is 0 Å². The van der Waals surface area contributed by atoms with Crippen LogP contribution in [0.4, 0.5) is 11.8 Å². The number of aromatic nitrogens is 2. The van der Waals surface area contributed by atoms with E-state index in [4.69, 9.17) is 17.4 Å².